The van der Waals surface area contributed by atoms with Crippen LogP contribution in [0, 0.1) is 10.8 Å². The molecular formula is C13H25NO. The summed E-state index contributed by atoms with van der Waals surface area (Å²) < 4.78 is 5.53. The molecule has 0 bridgehead atoms. The van der Waals surface area contributed by atoms with E-state index in [-0.39, 0.29) is 5.41 Å². The van der Waals surface area contributed by atoms with Gasteiger partial charge < -0.3 is 10.1 Å². The highest BCUT2D eigenvalue weighted by Crippen LogP contribution is 2.26. The molecule has 0 amide bonds. The third-order valence-corrected chi connectivity index (χ3v) is 2.40. The van der Waals surface area contributed by atoms with Crippen LogP contribution < -0.4 is 0 Å². The molecule has 0 fully saturated rings. The molecule has 0 aliphatic rings. The lowest BCUT2D eigenvalue weighted by atomic mass is 9.83. The summed E-state index contributed by atoms with van der Waals surface area (Å²) in [7, 11) is 0. The first-order chi connectivity index (χ1) is 6.74. The van der Waals surface area contributed by atoms with Gasteiger partial charge in [-0.05, 0) is 44.6 Å². The second-order valence-electron chi connectivity index (χ2n) is 5.27. The van der Waals surface area contributed by atoms with E-state index in [4.69, 9.17) is 10.1 Å². The van der Waals surface area contributed by atoms with E-state index in [1.807, 2.05) is 20.8 Å². The number of nitrogens with one attached hydrogen (secondary N) is 1. The van der Waals surface area contributed by atoms with Crippen LogP contribution in [0.15, 0.2) is 12.2 Å². The molecule has 0 radical (unpaired) electrons. The van der Waals surface area contributed by atoms with Crippen LogP contribution >= 0.6 is 0 Å². The molecule has 2 heteroatoms. The van der Waals surface area contributed by atoms with Gasteiger partial charge >= 0.3 is 0 Å². The van der Waals surface area contributed by atoms with E-state index in [1.54, 1.807) is 0 Å². The maximum atomic E-state index is 7.78. The number of hydrogen-bond donors (Lipinski definition) is 1. The van der Waals surface area contributed by atoms with Crippen molar-refractivity contribution < 1.29 is 4.74 Å². The quantitative estimate of drug-likeness (QED) is 0.638. The summed E-state index contributed by atoms with van der Waals surface area (Å²) in [5.74, 6) is 0. The second-order valence-corrected chi connectivity index (χ2v) is 5.27. The van der Waals surface area contributed by atoms with Crippen LogP contribution in [-0.4, -0.2) is 18.4 Å². The standard InChI is InChI=1S/C13H25NO/c1-10(2)12(14)9-13(5,6)7-8-15-11(3)4/h11,14H,1,7-9H2,2-6H3. The Kier molecular flexibility index (Phi) is 5.81. The fraction of sp³-hybridized carbons (Fsp3) is 0.769. The van der Waals surface area contributed by atoms with Crippen LogP contribution in [0.25, 0.3) is 0 Å². The van der Waals surface area contributed by atoms with Crippen molar-refractivity contribution in [3.63, 3.8) is 0 Å². The van der Waals surface area contributed by atoms with Gasteiger partial charge in [-0.3, -0.25) is 0 Å². The highest BCUT2D eigenvalue weighted by molar-refractivity contribution is 5.96. The monoisotopic (exact) mass is 211 g/mol. The smallest absolute Gasteiger partial charge is 0.0518 e. The topological polar surface area (TPSA) is 33.1 Å². The van der Waals surface area contributed by atoms with Crippen molar-refractivity contribution in [3.8, 4) is 0 Å². The Morgan fingerprint density at radius 3 is 2.33 bits per heavy atom. The summed E-state index contributed by atoms with van der Waals surface area (Å²) in [5.41, 5.74) is 1.66. The minimum Gasteiger partial charge on any atom is -0.379 e. The number of ether oxygens (including phenoxy) is 1. The van der Waals surface area contributed by atoms with Crippen LogP contribution in [0.3, 0.4) is 0 Å². The summed E-state index contributed by atoms with van der Waals surface area (Å²) in [6.45, 7) is 14.9. The Morgan fingerprint density at radius 2 is 1.93 bits per heavy atom. The van der Waals surface area contributed by atoms with Crippen molar-refractivity contribution in [2.45, 2.75) is 53.6 Å². The number of hydrogen-bond acceptors (Lipinski definition) is 2. The van der Waals surface area contributed by atoms with E-state index < -0.39 is 0 Å². The molecule has 0 aliphatic heterocycles. The first-order valence-electron chi connectivity index (χ1n) is 5.59. The van der Waals surface area contributed by atoms with E-state index in [9.17, 15) is 0 Å². The van der Waals surface area contributed by atoms with Crippen LogP contribution in [0.5, 0.6) is 0 Å². The maximum Gasteiger partial charge on any atom is 0.0518 e. The molecule has 88 valence electrons. The molecule has 0 atom stereocenters. The molecule has 0 rings (SSSR count). The highest BCUT2D eigenvalue weighted by Gasteiger charge is 2.20. The van der Waals surface area contributed by atoms with E-state index >= 15 is 0 Å². The average molecular weight is 211 g/mol. The molecule has 15 heavy (non-hydrogen) atoms. The average Bonchev–Trinajstić information content (AvgIpc) is 2.01. The van der Waals surface area contributed by atoms with Gasteiger partial charge in [0.1, 0.15) is 0 Å². The Morgan fingerprint density at radius 1 is 1.40 bits per heavy atom. The Balaban J connectivity index is 3.96. The lowest BCUT2D eigenvalue weighted by Gasteiger charge is -2.25. The first-order valence-corrected chi connectivity index (χ1v) is 5.59. The first kappa shape index (κ1) is 14.4. The Hall–Kier alpha value is -0.630. The van der Waals surface area contributed by atoms with Crippen molar-refractivity contribution >= 4 is 5.71 Å². The molecule has 0 heterocycles. The fourth-order valence-electron chi connectivity index (χ4n) is 1.29. The van der Waals surface area contributed by atoms with Crippen molar-refractivity contribution in [2.24, 2.45) is 5.41 Å². The zero-order valence-electron chi connectivity index (χ0n) is 10.8. The summed E-state index contributed by atoms with van der Waals surface area (Å²) in [6.07, 6.45) is 2.06. The van der Waals surface area contributed by atoms with Crippen molar-refractivity contribution in [2.75, 3.05) is 6.61 Å². The molecule has 0 spiro atoms. The van der Waals surface area contributed by atoms with Gasteiger partial charge in [0.2, 0.25) is 0 Å². The van der Waals surface area contributed by atoms with Gasteiger partial charge in [0.05, 0.1) is 6.10 Å². The lowest BCUT2D eigenvalue weighted by Crippen LogP contribution is -2.20. The van der Waals surface area contributed by atoms with Crippen LogP contribution in [0.4, 0.5) is 0 Å². The molecule has 2 nitrogen and oxygen atoms in total. The fourth-order valence-corrected chi connectivity index (χ4v) is 1.29. The van der Waals surface area contributed by atoms with Crippen LogP contribution in [-0.2, 0) is 4.74 Å². The van der Waals surface area contributed by atoms with Gasteiger partial charge in [-0.1, -0.05) is 20.4 Å². The summed E-state index contributed by atoms with van der Waals surface area (Å²) in [5, 5.41) is 7.78. The van der Waals surface area contributed by atoms with Gasteiger partial charge in [0, 0.05) is 12.3 Å². The van der Waals surface area contributed by atoms with Gasteiger partial charge in [0.25, 0.3) is 0 Å². The van der Waals surface area contributed by atoms with Crippen molar-refractivity contribution in [1.29, 1.82) is 5.41 Å². The van der Waals surface area contributed by atoms with E-state index in [0.29, 0.717) is 11.8 Å². The molecule has 0 aliphatic carbocycles. The molecule has 1 N–H and O–H groups in total. The zero-order chi connectivity index (χ0) is 12.1. The minimum absolute atomic E-state index is 0.130. The summed E-state index contributed by atoms with van der Waals surface area (Å²) >= 11 is 0. The van der Waals surface area contributed by atoms with Crippen molar-refractivity contribution in [3.05, 3.63) is 12.2 Å². The highest BCUT2D eigenvalue weighted by atomic mass is 16.5. The number of allylic oxidation sites excluding steroid dienone is 1. The molecule has 0 aromatic carbocycles. The van der Waals surface area contributed by atoms with Gasteiger partial charge in [0.15, 0.2) is 0 Å². The van der Waals surface area contributed by atoms with Crippen LogP contribution in [0.2, 0.25) is 0 Å². The number of rotatable bonds is 7. The van der Waals surface area contributed by atoms with Crippen LogP contribution in [0.1, 0.15) is 47.5 Å². The Bertz CT molecular complexity index is 229. The van der Waals surface area contributed by atoms with E-state index in [0.717, 1.165) is 25.0 Å². The molecule has 0 aromatic rings. The zero-order valence-corrected chi connectivity index (χ0v) is 10.8. The largest absolute Gasteiger partial charge is 0.379 e. The summed E-state index contributed by atoms with van der Waals surface area (Å²) in [6, 6.07) is 0. The predicted octanol–water partition coefficient (Wildman–Crippen LogP) is 3.81. The molecule has 0 aromatic heterocycles. The van der Waals surface area contributed by atoms with E-state index in [2.05, 4.69) is 20.4 Å². The normalized spacial score (nSPS) is 11.9. The van der Waals surface area contributed by atoms with Gasteiger partial charge in [-0.2, -0.15) is 0 Å². The molecular weight excluding hydrogens is 186 g/mol. The predicted molar refractivity (Wildman–Crippen MR) is 66.6 cm³/mol. The second kappa shape index (κ2) is 6.06. The Labute approximate surface area is 94.2 Å². The lowest BCUT2D eigenvalue weighted by molar-refractivity contribution is 0.0586. The maximum absolute atomic E-state index is 7.78. The molecule has 0 saturated carbocycles. The van der Waals surface area contributed by atoms with E-state index in [1.165, 1.54) is 0 Å². The molecule has 0 unspecified atom stereocenters. The van der Waals surface area contributed by atoms with Gasteiger partial charge in [-0.15, -0.1) is 0 Å². The minimum atomic E-state index is 0.130. The molecule has 0 saturated heterocycles. The SMILES string of the molecule is C=C(C)C(=N)CC(C)(C)CCOC(C)C. The summed E-state index contributed by atoms with van der Waals surface area (Å²) in [4.78, 5) is 0. The third-order valence-electron chi connectivity index (χ3n) is 2.40. The van der Waals surface area contributed by atoms with Crippen molar-refractivity contribution in [1.82, 2.24) is 0 Å². The van der Waals surface area contributed by atoms with Gasteiger partial charge in [-0.25, -0.2) is 0 Å². The third kappa shape index (κ3) is 7.32.